The first kappa shape index (κ1) is 14.1. The molecule has 20 heavy (non-hydrogen) atoms. The molecule has 5 nitrogen and oxygen atoms in total. The molecule has 0 aliphatic rings. The summed E-state index contributed by atoms with van der Waals surface area (Å²) < 4.78 is 7.31. The number of benzene rings is 1. The third-order valence-electron chi connectivity index (χ3n) is 2.83. The fourth-order valence-corrected chi connectivity index (χ4v) is 1.77. The van der Waals surface area contributed by atoms with E-state index in [-0.39, 0.29) is 0 Å². The van der Waals surface area contributed by atoms with Crippen molar-refractivity contribution in [1.82, 2.24) is 9.66 Å². The standard InChI is InChI=1S/C15H20N4O/c1-3-4-9-20-14-8-6-5-7-13(14)10-17-19-11-12(2)18-15(19)16/h5-8,10-11H,3-4,9H2,1-2H3,(H2,16,18). The lowest BCUT2D eigenvalue weighted by Crippen LogP contribution is -2.01. The van der Waals surface area contributed by atoms with Crippen molar-refractivity contribution >= 4 is 12.2 Å². The molecule has 0 radical (unpaired) electrons. The number of nitrogen functional groups attached to an aromatic ring is 1. The van der Waals surface area contributed by atoms with Crippen LogP contribution in [0.25, 0.3) is 0 Å². The van der Waals surface area contributed by atoms with Gasteiger partial charge in [-0.25, -0.2) is 9.66 Å². The normalized spacial score (nSPS) is 11.1. The van der Waals surface area contributed by atoms with Crippen LogP contribution in [0.4, 0.5) is 5.95 Å². The van der Waals surface area contributed by atoms with E-state index in [1.54, 1.807) is 17.1 Å². The Kier molecular flexibility index (Phi) is 4.76. The first-order chi connectivity index (χ1) is 9.70. The van der Waals surface area contributed by atoms with Crippen LogP contribution in [0.5, 0.6) is 5.75 Å². The highest BCUT2D eigenvalue weighted by molar-refractivity contribution is 5.83. The van der Waals surface area contributed by atoms with Crippen LogP contribution < -0.4 is 10.5 Å². The maximum absolute atomic E-state index is 5.75. The monoisotopic (exact) mass is 272 g/mol. The molecule has 0 spiro atoms. The van der Waals surface area contributed by atoms with E-state index >= 15 is 0 Å². The summed E-state index contributed by atoms with van der Waals surface area (Å²) >= 11 is 0. The molecule has 2 rings (SSSR count). The number of anilines is 1. The first-order valence-electron chi connectivity index (χ1n) is 6.78. The number of rotatable bonds is 6. The molecule has 5 heteroatoms. The first-order valence-corrected chi connectivity index (χ1v) is 6.78. The molecule has 2 N–H and O–H groups in total. The third-order valence-corrected chi connectivity index (χ3v) is 2.83. The molecule has 0 atom stereocenters. The Balaban J connectivity index is 2.14. The number of para-hydroxylation sites is 1. The van der Waals surface area contributed by atoms with Gasteiger partial charge in [0.2, 0.25) is 5.95 Å². The quantitative estimate of drug-likeness (QED) is 0.649. The highest BCUT2D eigenvalue weighted by Crippen LogP contribution is 2.16. The van der Waals surface area contributed by atoms with Crippen LogP contribution in [0.1, 0.15) is 31.0 Å². The fraction of sp³-hybridized carbons (Fsp3) is 0.333. The van der Waals surface area contributed by atoms with Crippen molar-refractivity contribution < 1.29 is 4.74 Å². The number of imidazole rings is 1. The second-order valence-electron chi connectivity index (χ2n) is 4.57. The average Bonchev–Trinajstić information content (AvgIpc) is 2.76. The summed E-state index contributed by atoms with van der Waals surface area (Å²) in [6.07, 6.45) is 5.67. The summed E-state index contributed by atoms with van der Waals surface area (Å²) in [5.74, 6) is 1.21. The van der Waals surface area contributed by atoms with Crippen LogP contribution >= 0.6 is 0 Å². The summed E-state index contributed by atoms with van der Waals surface area (Å²) in [7, 11) is 0. The van der Waals surface area contributed by atoms with E-state index in [1.165, 1.54) is 0 Å². The van der Waals surface area contributed by atoms with Crippen molar-refractivity contribution in [2.45, 2.75) is 26.7 Å². The van der Waals surface area contributed by atoms with E-state index in [1.807, 2.05) is 31.2 Å². The van der Waals surface area contributed by atoms with Gasteiger partial charge in [0.25, 0.3) is 0 Å². The zero-order valence-corrected chi connectivity index (χ0v) is 11.9. The van der Waals surface area contributed by atoms with Crippen molar-refractivity contribution in [2.75, 3.05) is 12.3 Å². The van der Waals surface area contributed by atoms with Crippen molar-refractivity contribution in [1.29, 1.82) is 0 Å². The molecule has 0 bridgehead atoms. The number of hydrogen-bond donors (Lipinski definition) is 1. The van der Waals surface area contributed by atoms with Crippen LogP contribution in [-0.4, -0.2) is 22.5 Å². The summed E-state index contributed by atoms with van der Waals surface area (Å²) in [6.45, 7) is 4.73. The van der Waals surface area contributed by atoms with Crippen LogP contribution in [-0.2, 0) is 0 Å². The zero-order chi connectivity index (χ0) is 14.4. The lowest BCUT2D eigenvalue weighted by atomic mass is 10.2. The van der Waals surface area contributed by atoms with Crippen molar-refractivity contribution in [2.24, 2.45) is 5.10 Å². The SMILES string of the molecule is CCCCOc1ccccc1C=Nn1cc(C)nc1N. The topological polar surface area (TPSA) is 65.4 Å². The van der Waals surface area contributed by atoms with Gasteiger partial charge in [0.05, 0.1) is 24.7 Å². The minimum atomic E-state index is 0.378. The van der Waals surface area contributed by atoms with Crippen LogP contribution in [0.3, 0.4) is 0 Å². The third kappa shape index (κ3) is 3.60. The van der Waals surface area contributed by atoms with Crippen LogP contribution in [0.15, 0.2) is 35.6 Å². The Labute approximate surface area is 119 Å². The van der Waals surface area contributed by atoms with E-state index in [0.29, 0.717) is 12.6 Å². The van der Waals surface area contributed by atoms with Gasteiger partial charge in [0.15, 0.2) is 0 Å². The number of ether oxygens (including phenoxy) is 1. The lowest BCUT2D eigenvalue weighted by Gasteiger charge is -2.07. The van der Waals surface area contributed by atoms with E-state index in [9.17, 15) is 0 Å². The predicted octanol–water partition coefficient (Wildman–Crippen LogP) is 2.83. The van der Waals surface area contributed by atoms with Crippen molar-refractivity contribution in [3.05, 3.63) is 41.7 Å². The highest BCUT2D eigenvalue weighted by Gasteiger charge is 2.02. The van der Waals surface area contributed by atoms with Gasteiger partial charge < -0.3 is 10.5 Å². The van der Waals surface area contributed by atoms with Gasteiger partial charge in [-0.1, -0.05) is 25.5 Å². The number of aryl methyl sites for hydroxylation is 1. The van der Waals surface area contributed by atoms with Gasteiger partial charge in [-0.3, -0.25) is 0 Å². The second kappa shape index (κ2) is 6.75. The molecule has 1 aromatic carbocycles. The molecule has 2 aromatic rings. The molecule has 0 aliphatic heterocycles. The lowest BCUT2D eigenvalue weighted by molar-refractivity contribution is 0.309. The molecular formula is C15H20N4O. The summed E-state index contributed by atoms with van der Waals surface area (Å²) in [5.41, 5.74) is 7.51. The predicted molar refractivity (Wildman–Crippen MR) is 81.2 cm³/mol. The molecule has 1 aromatic heterocycles. The maximum Gasteiger partial charge on any atom is 0.221 e. The van der Waals surface area contributed by atoms with E-state index < -0.39 is 0 Å². The molecule has 106 valence electrons. The fourth-order valence-electron chi connectivity index (χ4n) is 1.77. The minimum Gasteiger partial charge on any atom is -0.493 e. The Morgan fingerprint density at radius 3 is 2.90 bits per heavy atom. The number of hydrogen-bond acceptors (Lipinski definition) is 4. The Morgan fingerprint density at radius 1 is 1.40 bits per heavy atom. The Bertz CT molecular complexity index is 589. The van der Waals surface area contributed by atoms with E-state index in [4.69, 9.17) is 10.5 Å². The van der Waals surface area contributed by atoms with Gasteiger partial charge in [-0.2, -0.15) is 5.10 Å². The number of nitrogens with zero attached hydrogens (tertiary/aromatic N) is 3. The molecule has 0 amide bonds. The molecule has 0 saturated heterocycles. The number of aromatic nitrogens is 2. The minimum absolute atomic E-state index is 0.378. The zero-order valence-electron chi connectivity index (χ0n) is 11.9. The molecular weight excluding hydrogens is 252 g/mol. The molecule has 0 unspecified atom stereocenters. The summed E-state index contributed by atoms with van der Waals surface area (Å²) in [4.78, 5) is 4.10. The molecule has 0 saturated carbocycles. The maximum atomic E-state index is 5.75. The van der Waals surface area contributed by atoms with E-state index in [0.717, 1.165) is 29.8 Å². The molecule has 1 heterocycles. The number of unbranched alkanes of at least 4 members (excludes halogenated alkanes) is 1. The van der Waals surface area contributed by atoms with Gasteiger partial charge in [-0.15, -0.1) is 0 Å². The Morgan fingerprint density at radius 2 is 2.20 bits per heavy atom. The number of nitrogens with two attached hydrogens (primary N) is 1. The van der Waals surface area contributed by atoms with Crippen molar-refractivity contribution in [3.63, 3.8) is 0 Å². The van der Waals surface area contributed by atoms with E-state index in [2.05, 4.69) is 17.0 Å². The highest BCUT2D eigenvalue weighted by atomic mass is 16.5. The van der Waals surface area contributed by atoms with Gasteiger partial charge in [0, 0.05) is 5.56 Å². The summed E-state index contributed by atoms with van der Waals surface area (Å²) in [5, 5.41) is 4.31. The average molecular weight is 272 g/mol. The van der Waals surface area contributed by atoms with Crippen LogP contribution in [0.2, 0.25) is 0 Å². The molecule has 0 aliphatic carbocycles. The second-order valence-corrected chi connectivity index (χ2v) is 4.57. The van der Waals surface area contributed by atoms with Gasteiger partial charge in [0.1, 0.15) is 5.75 Å². The molecule has 0 fully saturated rings. The van der Waals surface area contributed by atoms with Gasteiger partial charge in [-0.05, 0) is 25.5 Å². The largest absolute Gasteiger partial charge is 0.493 e. The van der Waals surface area contributed by atoms with Crippen LogP contribution in [0, 0.1) is 6.92 Å². The van der Waals surface area contributed by atoms with Gasteiger partial charge >= 0.3 is 0 Å². The summed E-state index contributed by atoms with van der Waals surface area (Å²) in [6, 6.07) is 7.81. The van der Waals surface area contributed by atoms with Crippen molar-refractivity contribution in [3.8, 4) is 5.75 Å². The Hall–Kier alpha value is -2.30. The smallest absolute Gasteiger partial charge is 0.221 e.